The maximum Gasteiger partial charge on any atom is 0.368 e. The molecule has 3 aliphatic carbocycles. The molecule has 10 heteroatoms. The molecule has 0 amide bonds. The molecule has 1 aliphatic heterocycles. The molecule has 1 N–H and O–H groups in total. The Morgan fingerprint density at radius 2 is 2.03 bits per heavy atom. The number of likely N-dealkylation sites (N-methyl/N-ethyl adjacent to an activating group) is 1. The van der Waals surface area contributed by atoms with Gasteiger partial charge in [0.05, 0.1) is 5.69 Å². The number of aliphatic carboxylic acids is 1. The monoisotopic (exact) mass is 456 g/mol. The van der Waals surface area contributed by atoms with Gasteiger partial charge in [-0.3, -0.25) is 0 Å². The fraction of sp³-hybridized carbons (Fsp3) is 0.571. The number of carboxylic acids is 1. The first kappa shape index (κ1) is 22.0. The highest BCUT2D eigenvalue weighted by molar-refractivity contribution is 7.89. The molecule has 7 nitrogen and oxygen atoms in total. The molecule has 2 bridgehead atoms. The standard InChI is InChI=1S/C21H26F2N2O5S/c1-3-4-5-14-11-25(21-8-13(9-21)10-21)17-6-15(22)18(30-12-16(23)20(26)27)7-19(17)31(28,29)24(14)2/h6-7,12-14H,3-5,8-11H2,1-2H3,(H,26,27)/b16-12-/t13?,14-,21?/m1/s1. The first-order valence-corrected chi connectivity index (χ1v) is 11.9. The molecule has 0 unspecified atom stereocenters. The van der Waals surface area contributed by atoms with Crippen molar-refractivity contribution < 1.29 is 31.8 Å². The van der Waals surface area contributed by atoms with Crippen LogP contribution in [-0.2, 0) is 14.8 Å². The van der Waals surface area contributed by atoms with E-state index in [1.54, 1.807) is 0 Å². The summed E-state index contributed by atoms with van der Waals surface area (Å²) in [5.41, 5.74) is 0.144. The van der Waals surface area contributed by atoms with Crippen molar-refractivity contribution in [2.24, 2.45) is 5.92 Å². The Kier molecular flexibility index (Phi) is 5.49. The van der Waals surface area contributed by atoms with Crippen molar-refractivity contribution in [3.8, 4) is 5.75 Å². The van der Waals surface area contributed by atoms with E-state index in [1.807, 2.05) is 11.8 Å². The van der Waals surface area contributed by atoms with Gasteiger partial charge in [-0.1, -0.05) is 19.8 Å². The minimum Gasteiger partial charge on any atom is -0.476 e. The second-order valence-electron chi connectivity index (χ2n) is 8.77. The summed E-state index contributed by atoms with van der Waals surface area (Å²) >= 11 is 0. The van der Waals surface area contributed by atoms with E-state index in [0.717, 1.165) is 44.2 Å². The van der Waals surface area contributed by atoms with Gasteiger partial charge < -0.3 is 14.7 Å². The maximum absolute atomic E-state index is 14.8. The zero-order chi connectivity index (χ0) is 22.6. The van der Waals surface area contributed by atoms with E-state index < -0.39 is 33.4 Å². The number of halogens is 2. The number of sulfonamides is 1. The zero-order valence-corrected chi connectivity index (χ0v) is 18.3. The number of unbranched alkanes of at least 4 members (excludes halogenated alkanes) is 1. The predicted molar refractivity (Wildman–Crippen MR) is 110 cm³/mol. The maximum atomic E-state index is 14.8. The normalized spacial score (nSPS) is 29.4. The van der Waals surface area contributed by atoms with Crippen LogP contribution >= 0.6 is 0 Å². The Labute approximate surface area is 180 Å². The van der Waals surface area contributed by atoms with Gasteiger partial charge in [0.15, 0.2) is 11.6 Å². The van der Waals surface area contributed by atoms with E-state index >= 15 is 0 Å². The van der Waals surface area contributed by atoms with E-state index in [-0.39, 0.29) is 28.4 Å². The molecule has 0 radical (unpaired) electrons. The van der Waals surface area contributed by atoms with E-state index in [0.29, 0.717) is 18.9 Å². The number of hydrogen-bond donors (Lipinski definition) is 1. The third kappa shape index (κ3) is 3.59. The van der Waals surface area contributed by atoms with Crippen molar-refractivity contribution in [1.82, 2.24) is 4.31 Å². The lowest BCUT2D eigenvalue weighted by atomic mass is 9.49. The molecule has 5 rings (SSSR count). The summed E-state index contributed by atoms with van der Waals surface area (Å²) in [4.78, 5) is 12.6. The minimum atomic E-state index is -3.98. The highest BCUT2D eigenvalue weighted by Crippen LogP contribution is 2.62. The molecule has 0 saturated heterocycles. The highest BCUT2D eigenvalue weighted by Gasteiger charge is 2.61. The summed E-state index contributed by atoms with van der Waals surface area (Å²) in [6.07, 6.45) is 5.62. The lowest BCUT2D eigenvalue weighted by molar-refractivity contribution is -0.134. The van der Waals surface area contributed by atoms with Gasteiger partial charge in [0.1, 0.15) is 11.2 Å². The molecule has 170 valence electrons. The number of benzene rings is 1. The van der Waals surface area contributed by atoms with E-state index in [9.17, 15) is 22.0 Å². The molecule has 0 spiro atoms. The van der Waals surface area contributed by atoms with Gasteiger partial charge in [-0.05, 0) is 31.6 Å². The van der Waals surface area contributed by atoms with Crippen molar-refractivity contribution in [1.29, 1.82) is 0 Å². The number of carbonyl (C=O) groups is 1. The van der Waals surface area contributed by atoms with Crippen molar-refractivity contribution in [3.05, 3.63) is 30.0 Å². The van der Waals surface area contributed by atoms with Crippen LogP contribution < -0.4 is 9.64 Å². The smallest absolute Gasteiger partial charge is 0.368 e. The number of anilines is 1. The first-order valence-electron chi connectivity index (χ1n) is 10.4. The van der Waals surface area contributed by atoms with Crippen molar-refractivity contribution in [3.63, 3.8) is 0 Å². The number of rotatable bonds is 7. The van der Waals surface area contributed by atoms with Crippen LogP contribution in [-0.4, -0.2) is 49.0 Å². The van der Waals surface area contributed by atoms with Crippen molar-refractivity contribution in [2.45, 2.75) is 61.9 Å². The van der Waals surface area contributed by atoms with Crippen molar-refractivity contribution in [2.75, 3.05) is 18.5 Å². The summed E-state index contributed by atoms with van der Waals surface area (Å²) in [5, 5.41) is 8.61. The number of nitrogens with zero attached hydrogens (tertiary/aromatic N) is 2. The minimum absolute atomic E-state index is 0.112. The Morgan fingerprint density at radius 1 is 1.35 bits per heavy atom. The number of ether oxygens (including phenoxy) is 1. The summed E-state index contributed by atoms with van der Waals surface area (Å²) in [5.74, 6) is -4.27. The summed E-state index contributed by atoms with van der Waals surface area (Å²) in [7, 11) is -2.45. The van der Waals surface area contributed by atoms with Crippen LogP contribution in [0.2, 0.25) is 0 Å². The SMILES string of the molecule is CCCC[C@@H]1CN(C23CC(C2)C3)c2cc(F)c(O/C=C(\F)C(=O)O)cc2S(=O)(=O)N1C. The van der Waals surface area contributed by atoms with E-state index in [4.69, 9.17) is 9.84 Å². The second-order valence-corrected chi connectivity index (χ2v) is 10.7. The average molecular weight is 457 g/mol. The molecule has 3 saturated carbocycles. The number of hydrogen-bond acceptors (Lipinski definition) is 5. The van der Waals surface area contributed by atoms with Crippen LogP contribution in [0.3, 0.4) is 0 Å². The largest absolute Gasteiger partial charge is 0.476 e. The van der Waals surface area contributed by atoms with E-state index in [2.05, 4.69) is 0 Å². The van der Waals surface area contributed by atoms with Gasteiger partial charge >= 0.3 is 5.97 Å². The van der Waals surface area contributed by atoms with Crippen LogP contribution in [0.1, 0.15) is 45.4 Å². The van der Waals surface area contributed by atoms with Gasteiger partial charge in [-0.2, -0.15) is 8.70 Å². The van der Waals surface area contributed by atoms with Gasteiger partial charge in [-0.15, -0.1) is 0 Å². The molecular weight excluding hydrogens is 430 g/mol. The molecule has 1 aromatic rings. The first-order chi connectivity index (χ1) is 14.6. The second kappa shape index (κ2) is 7.74. The lowest BCUT2D eigenvalue weighted by Crippen LogP contribution is -2.69. The summed E-state index contributed by atoms with van der Waals surface area (Å²) in [6.45, 7) is 2.52. The van der Waals surface area contributed by atoms with Gasteiger partial charge in [0, 0.05) is 37.3 Å². The number of fused-ring (bicyclic) bond motifs is 1. The fourth-order valence-corrected chi connectivity index (χ4v) is 6.46. The van der Waals surface area contributed by atoms with Crippen LogP contribution in [0.25, 0.3) is 0 Å². The molecule has 31 heavy (non-hydrogen) atoms. The average Bonchev–Trinajstić information content (AvgIpc) is 2.71. The summed E-state index contributed by atoms with van der Waals surface area (Å²) < 4.78 is 61.2. The van der Waals surface area contributed by atoms with Crippen molar-refractivity contribution >= 4 is 21.7 Å². The quantitative estimate of drug-likeness (QED) is 0.498. The molecule has 1 aromatic carbocycles. The van der Waals surface area contributed by atoms with E-state index in [1.165, 1.54) is 11.4 Å². The Hall–Kier alpha value is -2.20. The zero-order valence-electron chi connectivity index (χ0n) is 17.5. The molecular formula is C21H26F2N2O5S. The highest BCUT2D eigenvalue weighted by atomic mass is 32.2. The fourth-order valence-electron chi connectivity index (χ4n) is 4.90. The predicted octanol–water partition coefficient (Wildman–Crippen LogP) is 3.65. The van der Waals surface area contributed by atoms with Crippen LogP contribution in [0.15, 0.2) is 29.1 Å². The van der Waals surface area contributed by atoms with Crippen LogP contribution in [0, 0.1) is 11.7 Å². The number of carboxylic acid groups (broad SMARTS) is 1. The third-order valence-electron chi connectivity index (χ3n) is 6.83. The third-order valence-corrected chi connectivity index (χ3v) is 8.77. The molecule has 1 atom stereocenters. The summed E-state index contributed by atoms with van der Waals surface area (Å²) in [6, 6.07) is 1.89. The van der Waals surface area contributed by atoms with Crippen LogP contribution in [0.4, 0.5) is 14.5 Å². The van der Waals surface area contributed by atoms with Gasteiger partial charge in [-0.25, -0.2) is 17.6 Å². The Morgan fingerprint density at radius 3 is 2.58 bits per heavy atom. The lowest BCUT2D eigenvalue weighted by Gasteiger charge is -2.67. The Balaban J connectivity index is 1.80. The molecule has 1 heterocycles. The van der Waals surface area contributed by atoms with Gasteiger partial charge in [0.25, 0.3) is 0 Å². The molecule has 0 aromatic heterocycles. The molecule has 3 fully saturated rings. The Bertz CT molecular complexity index is 1030. The topological polar surface area (TPSA) is 87.1 Å². The van der Waals surface area contributed by atoms with Gasteiger partial charge in [0.2, 0.25) is 15.9 Å². The molecule has 4 aliphatic rings. The van der Waals surface area contributed by atoms with Crippen LogP contribution in [0.5, 0.6) is 5.75 Å².